The molecule has 7 heteroatoms. The minimum absolute atomic E-state index is 0.0960. The van der Waals surface area contributed by atoms with E-state index in [2.05, 4.69) is 20.8 Å². The normalized spacial score (nSPS) is 10.7. The molecule has 150 valence electrons. The number of tetrazole rings is 1. The Hall–Kier alpha value is -3.45. The largest absolute Gasteiger partial charge is 0.348 e. The zero-order valence-electron chi connectivity index (χ0n) is 16.5. The van der Waals surface area contributed by atoms with Crippen LogP contribution in [0.25, 0.3) is 5.69 Å². The fraction of sp³-hybridized carbons (Fsp3) is 0.130. The van der Waals surface area contributed by atoms with E-state index in [9.17, 15) is 4.79 Å². The fourth-order valence-electron chi connectivity index (χ4n) is 2.97. The van der Waals surface area contributed by atoms with Crippen molar-refractivity contribution in [3.05, 3.63) is 101 Å². The molecule has 4 aromatic rings. The highest BCUT2D eigenvalue weighted by atomic mass is 32.2. The molecule has 0 aliphatic carbocycles. The van der Waals surface area contributed by atoms with Crippen molar-refractivity contribution in [2.24, 2.45) is 0 Å². The van der Waals surface area contributed by atoms with Crippen molar-refractivity contribution in [3.63, 3.8) is 0 Å². The lowest BCUT2D eigenvalue weighted by Crippen LogP contribution is -2.23. The van der Waals surface area contributed by atoms with Crippen LogP contribution in [-0.4, -0.2) is 26.1 Å². The van der Waals surface area contributed by atoms with Crippen molar-refractivity contribution >= 4 is 17.7 Å². The summed E-state index contributed by atoms with van der Waals surface area (Å²) in [5, 5.41) is 15.0. The molecule has 0 aliphatic heterocycles. The third kappa shape index (κ3) is 4.75. The van der Waals surface area contributed by atoms with Gasteiger partial charge in [-0.05, 0) is 47.2 Å². The lowest BCUT2D eigenvalue weighted by atomic mass is 10.1. The highest BCUT2D eigenvalue weighted by Gasteiger charge is 2.14. The Labute approximate surface area is 179 Å². The molecule has 1 aromatic heterocycles. The number of para-hydroxylation sites is 1. The van der Waals surface area contributed by atoms with Gasteiger partial charge in [0.2, 0.25) is 0 Å². The van der Waals surface area contributed by atoms with Crippen molar-refractivity contribution in [2.75, 3.05) is 0 Å². The van der Waals surface area contributed by atoms with Gasteiger partial charge in [0.05, 0.1) is 17.0 Å². The van der Waals surface area contributed by atoms with E-state index < -0.39 is 0 Å². The number of rotatable bonds is 7. The number of thioether (sulfide) groups is 1. The summed E-state index contributed by atoms with van der Waals surface area (Å²) in [6, 6.07) is 25.5. The first-order chi connectivity index (χ1) is 14.7. The summed E-state index contributed by atoms with van der Waals surface area (Å²) in [6.07, 6.45) is 0. The Morgan fingerprint density at radius 1 is 0.967 bits per heavy atom. The van der Waals surface area contributed by atoms with E-state index in [4.69, 9.17) is 0 Å². The number of carbonyl (C=O) groups is 1. The average molecular weight is 416 g/mol. The fourth-order valence-corrected chi connectivity index (χ4v) is 3.93. The smallest absolute Gasteiger partial charge is 0.252 e. The summed E-state index contributed by atoms with van der Waals surface area (Å²) >= 11 is 1.54. The van der Waals surface area contributed by atoms with Crippen LogP contribution < -0.4 is 5.32 Å². The number of aryl methyl sites for hydroxylation is 1. The van der Waals surface area contributed by atoms with Gasteiger partial charge in [0.15, 0.2) is 5.82 Å². The molecular formula is C23H21N5OS. The molecule has 1 heterocycles. The van der Waals surface area contributed by atoms with Crippen molar-refractivity contribution in [2.45, 2.75) is 24.1 Å². The second-order valence-electron chi connectivity index (χ2n) is 6.80. The second kappa shape index (κ2) is 9.37. The van der Waals surface area contributed by atoms with E-state index in [1.807, 2.05) is 85.8 Å². The van der Waals surface area contributed by atoms with Crippen LogP contribution in [0.2, 0.25) is 0 Å². The molecule has 4 rings (SSSR count). The molecule has 1 N–H and O–H groups in total. The second-order valence-corrected chi connectivity index (χ2v) is 7.81. The number of hydrogen-bond donors (Lipinski definition) is 1. The monoisotopic (exact) mass is 415 g/mol. The van der Waals surface area contributed by atoms with Gasteiger partial charge < -0.3 is 5.32 Å². The third-order valence-electron chi connectivity index (χ3n) is 4.60. The van der Waals surface area contributed by atoms with Crippen molar-refractivity contribution in [1.82, 2.24) is 25.5 Å². The van der Waals surface area contributed by atoms with Crippen molar-refractivity contribution in [3.8, 4) is 5.69 Å². The third-order valence-corrected chi connectivity index (χ3v) is 5.67. The van der Waals surface area contributed by atoms with Gasteiger partial charge >= 0.3 is 0 Å². The highest BCUT2D eigenvalue weighted by Crippen LogP contribution is 2.26. The molecular weight excluding hydrogens is 394 g/mol. The van der Waals surface area contributed by atoms with Crippen LogP contribution >= 0.6 is 11.8 Å². The van der Waals surface area contributed by atoms with E-state index in [0.717, 1.165) is 22.0 Å². The van der Waals surface area contributed by atoms with E-state index in [0.29, 0.717) is 17.9 Å². The standard InChI is InChI=1S/C23H21N5OS/c1-17-11-13-18(14-12-17)15-24-23(29)20-9-5-6-10-21(20)30-16-22-25-26-27-28(22)19-7-3-2-4-8-19/h2-14H,15-16H2,1H3,(H,24,29). The minimum Gasteiger partial charge on any atom is -0.348 e. The number of nitrogens with one attached hydrogen (secondary N) is 1. The Kier molecular flexibility index (Phi) is 6.20. The van der Waals surface area contributed by atoms with Crippen molar-refractivity contribution < 1.29 is 4.79 Å². The first-order valence-corrected chi connectivity index (χ1v) is 10.6. The molecule has 30 heavy (non-hydrogen) atoms. The Morgan fingerprint density at radius 3 is 2.50 bits per heavy atom. The van der Waals surface area contributed by atoms with Crippen molar-refractivity contribution in [1.29, 1.82) is 0 Å². The summed E-state index contributed by atoms with van der Waals surface area (Å²) in [6.45, 7) is 2.54. The Bertz CT molecular complexity index is 1130. The maximum atomic E-state index is 12.8. The molecule has 0 radical (unpaired) electrons. The molecule has 0 fully saturated rings. The zero-order valence-corrected chi connectivity index (χ0v) is 17.3. The number of nitrogens with zero attached hydrogens (tertiary/aromatic N) is 4. The van der Waals surface area contributed by atoms with Gasteiger partial charge in [-0.3, -0.25) is 4.79 Å². The summed E-state index contributed by atoms with van der Waals surface area (Å²) in [5.74, 6) is 1.17. The van der Waals surface area contributed by atoms with Gasteiger partial charge in [-0.15, -0.1) is 16.9 Å². The first kappa shape index (κ1) is 19.8. The number of carbonyl (C=O) groups excluding carboxylic acids is 1. The van der Waals surface area contributed by atoms with E-state index >= 15 is 0 Å². The number of aromatic nitrogens is 4. The van der Waals surface area contributed by atoms with Gasteiger partial charge in [-0.2, -0.15) is 4.68 Å². The molecule has 0 saturated heterocycles. The quantitative estimate of drug-likeness (QED) is 0.458. The van der Waals surface area contributed by atoms with Crippen LogP contribution in [0.15, 0.2) is 83.8 Å². The minimum atomic E-state index is -0.0960. The van der Waals surface area contributed by atoms with Crippen LogP contribution in [0.3, 0.4) is 0 Å². The van der Waals surface area contributed by atoms with Gasteiger partial charge in [-0.1, -0.05) is 60.2 Å². The SMILES string of the molecule is Cc1ccc(CNC(=O)c2ccccc2SCc2nnnn2-c2ccccc2)cc1. The van der Waals surface area contributed by atoms with E-state index in [1.54, 1.807) is 16.4 Å². The Morgan fingerprint density at radius 2 is 1.70 bits per heavy atom. The topological polar surface area (TPSA) is 72.7 Å². The number of benzene rings is 3. The molecule has 1 amide bonds. The van der Waals surface area contributed by atoms with Gasteiger partial charge in [0.25, 0.3) is 5.91 Å². The predicted octanol–water partition coefficient (Wildman–Crippen LogP) is 4.19. The first-order valence-electron chi connectivity index (χ1n) is 9.59. The maximum absolute atomic E-state index is 12.8. The maximum Gasteiger partial charge on any atom is 0.252 e. The zero-order chi connectivity index (χ0) is 20.8. The summed E-state index contributed by atoms with van der Waals surface area (Å²) in [7, 11) is 0. The number of amides is 1. The average Bonchev–Trinajstić information content (AvgIpc) is 3.26. The molecule has 6 nitrogen and oxygen atoms in total. The molecule has 0 atom stereocenters. The highest BCUT2D eigenvalue weighted by molar-refractivity contribution is 7.98. The predicted molar refractivity (Wildman–Crippen MR) is 118 cm³/mol. The number of hydrogen-bond acceptors (Lipinski definition) is 5. The van der Waals surface area contributed by atoms with E-state index in [-0.39, 0.29) is 5.91 Å². The van der Waals surface area contributed by atoms with Crippen LogP contribution in [-0.2, 0) is 12.3 Å². The molecule has 0 spiro atoms. The molecule has 0 aliphatic rings. The summed E-state index contributed by atoms with van der Waals surface area (Å²) in [4.78, 5) is 13.7. The molecule has 0 bridgehead atoms. The van der Waals surface area contributed by atoms with Crippen LogP contribution in [0.1, 0.15) is 27.3 Å². The summed E-state index contributed by atoms with van der Waals surface area (Å²) in [5.41, 5.74) is 3.82. The van der Waals surface area contributed by atoms with Crippen LogP contribution in [0, 0.1) is 6.92 Å². The van der Waals surface area contributed by atoms with Gasteiger partial charge in [0, 0.05) is 11.4 Å². The van der Waals surface area contributed by atoms with Crippen LogP contribution in [0.4, 0.5) is 0 Å². The van der Waals surface area contributed by atoms with Gasteiger partial charge in [0.1, 0.15) is 0 Å². The molecule has 0 saturated carbocycles. The Balaban J connectivity index is 1.44. The van der Waals surface area contributed by atoms with Gasteiger partial charge in [-0.25, -0.2) is 0 Å². The van der Waals surface area contributed by atoms with Crippen LogP contribution in [0.5, 0.6) is 0 Å². The molecule has 3 aromatic carbocycles. The lowest BCUT2D eigenvalue weighted by molar-refractivity contribution is 0.0948. The lowest BCUT2D eigenvalue weighted by Gasteiger charge is -2.10. The summed E-state index contributed by atoms with van der Waals surface area (Å²) < 4.78 is 1.72. The molecule has 0 unspecified atom stereocenters. The van der Waals surface area contributed by atoms with E-state index in [1.165, 1.54) is 5.56 Å².